The van der Waals surface area contributed by atoms with Gasteiger partial charge in [0.1, 0.15) is 11.2 Å². The minimum absolute atomic E-state index is 0.948. The Morgan fingerprint density at radius 3 is 1.69 bits per heavy atom. The van der Waals surface area contributed by atoms with Gasteiger partial charge in [0.05, 0.1) is 0 Å². The average molecular weight is 535 g/mol. The summed E-state index contributed by atoms with van der Waals surface area (Å²) in [5.41, 5.74) is 10.6. The normalized spacial score (nSPS) is 11.9. The van der Waals surface area contributed by atoms with E-state index in [4.69, 9.17) is 4.42 Å². The van der Waals surface area contributed by atoms with E-state index in [2.05, 4.69) is 146 Å². The van der Waals surface area contributed by atoms with E-state index in [1.54, 1.807) is 0 Å². The van der Waals surface area contributed by atoms with Crippen LogP contribution in [0, 0.1) is 6.92 Å². The Kier molecular flexibility index (Phi) is 4.88. The zero-order valence-electron chi connectivity index (χ0n) is 23.2. The van der Waals surface area contributed by atoms with Crippen molar-refractivity contribution >= 4 is 54.3 Å². The molecule has 196 valence electrons. The summed E-state index contributed by atoms with van der Waals surface area (Å²) >= 11 is 0. The summed E-state index contributed by atoms with van der Waals surface area (Å²) in [5, 5.41) is 9.95. The van der Waals surface area contributed by atoms with Gasteiger partial charge in [-0.15, -0.1) is 0 Å². The molecule has 1 nitrogen and oxygen atoms in total. The number of hydrogen-bond donors (Lipinski definition) is 0. The van der Waals surface area contributed by atoms with Crippen LogP contribution in [-0.4, -0.2) is 0 Å². The first-order valence-corrected chi connectivity index (χ1v) is 14.5. The van der Waals surface area contributed by atoms with Crippen LogP contribution in [0.15, 0.2) is 144 Å². The lowest BCUT2D eigenvalue weighted by Crippen LogP contribution is -1.92. The molecule has 0 fully saturated rings. The zero-order chi connectivity index (χ0) is 27.8. The second kappa shape index (κ2) is 8.80. The SMILES string of the molecule is Cc1cc2ccc3c(-c4c5ccccc5c(-c5ccc(-c6ccccc6)cc5)c5ccccc45)ccc4oc(c1)c2c43. The molecule has 1 heteroatoms. The Hall–Kier alpha value is -5.40. The minimum atomic E-state index is 0.948. The summed E-state index contributed by atoms with van der Waals surface area (Å²) < 4.78 is 6.38. The van der Waals surface area contributed by atoms with Crippen molar-refractivity contribution in [1.82, 2.24) is 0 Å². The molecule has 0 N–H and O–H groups in total. The molecule has 0 aliphatic carbocycles. The third-order valence-electron chi connectivity index (χ3n) is 8.87. The first kappa shape index (κ1) is 23.3. The summed E-state index contributed by atoms with van der Waals surface area (Å²) in [6.07, 6.45) is 0. The van der Waals surface area contributed by atoms with Crippen molar-refractivity contribution in [2.45, 2.75) is 6.92 Å². The van der Waals surface area contributed by atoms with Gasteiger partial charge in [-0.05, 0) is 96.4 Å². The molecule has 0 aliphatic heterocycles. The van der Waals surface area contributed by atoms with Gasteiger partial charge in [-0.25, -0.2) is 0 Å². The average Bonchev–Trinajstić information content (AvgIpc) is 3.42. The number of benzene rings is 8. The zero-order valence-corrected chi connectivity index (χ0v) is 23.2. The quantitative estimate of drug-likeness (QED) is 0.162. The molecule has 0 radical (unpaired) electrons. The third-order valence-corrected chi connectivity index (χ3v) is 8.87. The molecular weight excluding hydrogens is 508 g/mol. The highest BCUT2D eigenvalue weighted by molar-refractivity contribution is 6.28. The van der Waals surface area contributed by atoms with Gasteiger partial charge in [0.25, 0.3) is 0 Å². The number of furan rings is 1. The molecule has 0 spiro atoms. The molecule has 1 heterocycles. The van der Waals surface area contributed by atoms with Gasteiger partial charge in [0.2, 0.25) is 0 Å². The Balaban J connectivity index is 1.35. The molecule has 9 aromatic rings. The highest BCUT2D eigenvalue weighted by Gasteiger charge is 2.21. The van der Waals surface area contributed by atoms with E-state index in [9.17, 15) is 0 Å². The lowest BCUT2D eigenvalue weighted by Gasteiger charge is -2.19. The predicted molar refractivity (Wildman–Crippen MR) is 178 cm³/mol. The molecule has 0 atom stereocenters. The van der Waals surface area contributed by atoms with Crippen LogP contribution in [0.5, 0.6) is 0 Å². The monoisotopic (exact) mass is 534 g/mol. The molecule has 0 unspecified atom stereocenters. The Labute approximate surface area is 243 Å². The first-order valence-electron chi connectivity index (χ1n) is 14.5. The molecule has 0 aliphatic rings. The van der Waals surface area contributed by atoms with Crippen LogP contribution in [0.4, 0.5) is 0 Å². The Morgan fingerprint density at radius 2 is 1.00 bits per heavy atom. The maximum Gasteiger partial charge on any atom is 0.136 e. The number of fused-ring (bicyclic) bond motifs is 2. The lowest BCUT2D eigenvalue weighted by molar-refractivity contribution is 0.669. The Morgan fingerprint density at radius 1 is 0.405 bits per heavy atom. The van der Waals surface area contributed by atoms with Gasteiger partial charge < -0.3 is 4.42 Å². The van der Waals surface area contributed by atoms with Crippen LogP contribution < -0.4 is 0 Å². The van der Waals surface area contributed by atoms with E-state index in [0.717, 1.165) is 11.2 Å². The van der Waals surface area contributed by atoms with E-state index < -0.39 is 0 Å². The summed E-state index contributed by atoms with van der Waals surface area (Å²) in [6.45, 7) is 2.13. The molecule has 42 heavy (non-hydrogen) atoms. The van der Waals surface area contributed by atoms with E-state index in [0.29, 0.717) is 0 Å². The van der Waals surface area contributed by atoms with Crippen LogP contribution in [0.2, 0.25) is 0 Å². The number of rotatable bonds is 3. The van der Waals surface area contributed by atoms with Gasteiger partial charge >= 0.3 is 0 Å². The van der Waals surface area contributed by atoms with E-state index in [1.165, 1.54) is 82.0 Å². The molecule has 9 rings (SSSR count). The lowest BCUT2D eigenvalue weighted by atomic mass is 9.84. The van der Waals surface area contributed by atoms with Crippen molar-refractivity contribution in [2.24, 2.45) is 0 Å². The van der Waals surface area contributed by atoms with Crippen molar-refractivity contribution < 1.29 is 4.42 Å². The van der Waals surface area contributed by atoms with Gasteiger partial charge in [0, 0.05) is 10.8 Å². The molecule has 0 bridgehead atoms. The molecule has 0 saturated carbocycles. The van der Waals surface area contributed by atoms with Crippen LogP contribution in [0.25, 0.3) is 87.6 Å². The second-order valence-electron chi connectivity index (χ2n) is 11.3. The number of hydrogen-bond acceptors (Lipinski definition) is 1. The van der Waals surface area contributed by atoms with Crippen LogP contribution in [0.3, 0.4) is 0 Å². The smallest absolute Gasteiger partial charge is 0.136 e. The fraction of sp³-hybridized carbons (Fsp3) is 0.0244. The molecule has 1 aromatic heterocycles. The van der Waals surface area contributed by atoms with E-state index >= 15 is 0 Å². The van der Waals surface area contributed by atoms with Crippen molar-refractivity contribution in [1.29, 1.82) is 0 Å². The fourth-order valence-corrected chi connectivity index (χ4v) is 7.07. The molecule has 8 aromatic carbocycles. The molecule has 0 amide bonds. The Bertz CT molecular complexity index is 2390. The molecule has 0 saturated heterocycles. The van der Waals surface area contributed by atoms with Gasteiger partial charge in [-0.1, -0.05) is 121 Å². The van der Waals surface area contributed by atoms with Crippen LogP contribution >= 0.6 is 0 Å². The van der Waals surface area contributed by atoms with E-state index in [-0.39, 0.29) is 0 Å². The summed E-state index contributed by atoms with van der Waals surface area (Å²) in [7, 11) is 0. The highest BCUT2D eigenvalue weighted by atomic mass is 16.3. The van der Waals surface area contributed by atoms with Crippen molar-refractivity contribution in [3.05, 3.63) is 145 Å². The van der Waals surface area contributed by atoms with E-state index in [1.807, 2.05) is 0 Å². The van der Waals surface area contributed by atoms with Gasteiger partial charge in [0.15, 0.2) is 0 Å². The van der Waals surface area contributed by atoms with Gasteiger partial charge in [-0.2, -0.15) is 0 Å². The maximum absolute atomic E-state index is 6.38. The van der Waals surface area contributed by atoms with Crippen molar-refractivity contribution in [2.75, 3.05) is 0 Å². The number of aryl methyl sites for hydroxylation is 1. The van der Waals surface area contributed by atoms with Crippen LogP contribution in [-0.2, 0) is 0 Å². The van der Waals surface area contributed by atoms with Gasteiger partial charge in [-0.3, -0.25) is 0 Å². The van der Waals surface area contributed by atoms with Crippen molar-refractivity contribution in [3.8, 4) is 33.4 Å². The van der Waals surface area contributed by atoms with Crippen molar-refractivity contribution in [3.63, 3.8) is 0 Å². The summed E-state index contributed by atoms with van der Waals surface area (Å²) in [4.78, 5) is 0. The second-order valence-corrected chi connectivity index (χ2v) is 11.3. The summed E-state index contributed by atoms with van der Waals surface area (Å²) in [6, 6.07) is 50.8. The highest BCUT2D eigenvalue weighted by Crippen LogP contribution is 2.48. The van der Waals surface area contributed by atoms with Crippen LogP contribution in [0.1, 0.15) is 5.56 Å². The topological polar surface area (TPSA) is 13.1 Å². The fourth-order valence-electron chi connectivity index (χ4n) is 7.07. The predicted octanol–water partition coefficient (Wildman–Crippen LogP) is 11.8. The third kappa shape index (κ3) is 3.31. The largest absolute Gasteiger partial charge is 0.456 e. The standard InChI is InChI=1S/C41H26O/c1-25-23-29-19-20-35-34(21-22-36-41(35)39(29)37(24-25)42-36)40-32-13-7-5-11-30(32)38(31-12-6-8-14-33(31)40)28-17-15-27(16-18-28)26-9-3-2-4-10-26/h2-24H,1H3. The maximum atomic E-state index is 6.38. The first-order chi connectivity index (χ1) is 20.7. The summed E-state index contributed by atoms with van der Waals surface area (Å²) in [5.74, 6) is 0. The minimum Gasteiger partial charge on any atom is -0.456 e. The molecular formula is C41H26O.